The number of hydrogen-bond acceptors (Lipinski definition) is 3. The Morgan fingerprint density at radius 1 is 1.04 bits per heavy atom. The molecular formula is C22H23N3OS. The summed E-state index contributed by atoms with van der Waals surface area (Å²) >= 11 is 1.67. The quantitative estimate of drug-likeness (QED) is 0.692. The molecule has 1 N–H and O–H groups in total. The van der Waals surface area contributed by atoms with Gasteiger partial charge in [-0.05, 0) is 51.0 Å². The Bertz CT molecular complexity index is 1020. The fourth-order valence-electron chi connectivity index (χ4n) is 3.62. The topological polar surface area (TPSA) is 46.9 Å². The molecule has 0 saturated carbocycles. The fourth-order valence-corrected chi connectivity index (χ4v) is 4.90. The predicted molar refractivity (Wildman–Crippen MR) is 112 cm³/mol. The van der Waals surface area contributed by atoms with Gasteiger partial charge < -0.3 is 5.32 Å². The van der Waals surface area contributed by atoms with Gasteiger partial charge in [-0.1, -0.05) is 41.5 Å². The van der Waals surface area contributed by atoms with Crippen molar-refractivity contribution in [2.45, 2.75) is 32.9 Å². The van der Waals surface area contributed by atoms with E-state index in [9.17, 15) is 4.79 Å². The lowest BCUT2D eigenvalue weighted by Crippen LogP contribution is -2.15. The predicted octanol–water partition coefficient (Wildman–Crippen LogP) is 4.88. The third kappa shape index (κ3) is 3.28. The zero-order valence-corrected chi connectivity index (χ0v) is 16.9. The Morgan fingerprint density at radius 3 is 2.44 bits per heavy atom. The van der Waals surface area contributed by atoms with E-state index in [2.05, 4.69) is 56.4 Å². The second-order valence-electron chi connectivity index (χ2n) is 7.19. The molecule has 0 fully saturated rings. The fraction of sp³-hybridized carbons (Fsp3) is 0.273. The SMILES string of the molecule is Cc1ccc(-n2nc(C)c3c2NC(=O)CS[C@@H]3c2ccc(C)cc2C)cc1. The third-order valence-electron chi connectivity index (χ3n) is 4.99. The number of nitrogens with zero attached hydrogens (tertiary/aromatic N) is 2. The van der Waals surface area contributed by atoms with Crippen LogP contribution in [0, 0.1) is 27.7 Å². The monoisotopic (exact) mass is 377 g/mol. The summed E-state index contributed by atoms with van der Waals surface area (Å²) in [4.78, 5) is 12.4. The maximum Gasteiger partial charge on any atom is 0.235 e. The molecule has 1 amide bonds. The smallest absolute Gasteiger partial charge is 0.235 e. The van der Waals surface area contributed by atoms with Crippen LogP contribution >= 0.6 is 11.8 Å². The number of fused-ring (bicyclic) bond motifs is 1. The number of carbonyl (C=O) groups excluding carboxylic acids is 1. The van der Waals surface area contributed by atoms with Gasteiger partial charge in [0.15, 0.2) is 0 Å². The van der Waals surface area contributed by atoms with Crippen LogP contribution < -0.4 is 5.32 Å². The normalized spacial score (nSPS) is 16.6. The van der Waals surface area contributed by atoms with Gasteiger partial charge in [-0.3, -0.25) is 4.79 Å². The highest BCUT2D eigenvalue weighted by Gasteiger charge is 2.31. The molecule has 0 unspecified atom stereocenters. The average Bonchev–Trinajstić information content (AvgIpc) is 2.83. The number of benzene rings is 2. The molecule has 4 nitrogen and oxygen atoms in total. The molecule has 27 heavy (non-hydrogen) atoms. The molecule has 1 atom stereocenters. The summed E-state index contributed by atoms with van der Waals surface area (Å²) in [6.07, 6.45) is 0. The molecule has 138 valence electrons. The second-order valence-corrected chi connectivity index (χ2v) is 8.29. The van der Waals surface area contributed by atoms with Gasteiger partial charge in [-0.15, -0.1) is 11.8 Å². The van der Waals surface area contributed by atoms with Crippen LogP contribution in [0.2, 0.25) is 0 Å². The molecule has 2 aromatic carbocycles. The van der Waals surface area contributed by atoms with Crippen molar-refractivity contribution in [2.75, 3.05) is 11.1 Å². The zero-order chi connectivity index (χ0) is 19.1. The molecule has 1 aliphatic rings. The number of thioether (sulfide) groups is 1. The molecule has 5 heteroatoms. The Morgan fingerprint density at radius 2 is 1.74 bits per heavy atom. The van der Waals surface area contributed by atoms with Crippen molar-refractivity contribution in [3.63, 3.8) is 0 Å². The molecule has 4 rings (SSSR count). The first-order valence-electron chi connectivity index (χ1n) is 9.09. The number of aromatic nitrogens is 2. The molecule has 0 radical (unpaired) electrons. The van der Waals surface area contributed by atoms with Crippen molar-refractivity contribution in [3.05, 3.63) is 76.0 Å². The van der Waals surface area contributed by atoms with E-state index in [0.717, 1.165) is 22.8 Å². The summed E-state index contributed by atoms with van der Waals surface area (Å²) in [6, 6.07) is 14.7. The van der Waals surface area contributed by atoms with Crippen LogP contribution in [0.1, 0.15) is 38.8 Å². The van der Waals surface area contributed by atoms with E-state index in [1.54, 1.807) is 11.8 Å². The van der Waals surface area contributed by atoms with Crippen molar-refractivity contribution in [3.8, 4) is 5.69 Å². The number of aryl methyl sites for hydroxylation is 4. The highest BCUT2D eigenvalue weighted by Crippen LogP contribution is 2.44. The van der Waals surface area contributed by atoms with E-state index in [4.69, 9.17) is 5.10 Å². The van der Waals surface area contributed by atoms with Gasteiger partial charge in [-0.25, -0.2) is 4.68 Å². The summed E-state index contributed by atoms with van der Waals surface area (Å²) < 4.78 is 1.87. The molecule has 3 aromatic rings. The van der Waals surface area contributed by atoms with Crippen molar-refractivity contribution in [1.82, 2.24) is 9.78 Å². The average molecular weight is 378 g/mol. The largest absolute Gasteiger partial charge is 0.310 e. The standard InChI is InChI=1S/C22H23N3OS/c1-13-5-8-17(9-6-13)25-22-20(16(4)24-25)21(27-12-19(26)23-22)18-10-7-14(2)11-15(18)3/h5-11,21H,12H2,1-4H3,(H,23,26)/t21-/m1/s1. The number of rotatable bonds is 2. The molecule has 1 aliphatic heterocycles. The molecule has 0 saturated heterocycles. The third-order valence-corrected chi connectivity index (χ3v) is 6.25. The molecule has 0 bridgehead atoms. The Labute approximate surface area is 164 Å². The van der Waals surface area contributed by atoms with Gasteiger partial charge >= 0.3 is 0 Å². The zero-order valence-electron chi connectivity index (χ0n) is 16.0. The van der Waals surface area contributed by atoms with Crippen LogP contribution in [-0.2, 0) is 4.79 Å². The van der Waals surface area contributed by atoms with E-state index in [-0.39, 0.29) is 11.2 Å². The number of carbonyl (C=O) groups is 1. The summed E-state index contributed by atoms with van der Waals surface area (Å²) in [5.74, 6) is 1.23. The van der Waals surface area contributed by atoms with Crippen molar-refractivity contribution < 1.29 is 4.79 Å². The minimum absolute atomic E-state index is 0.0155. The van der Waals surface area contributed by atoms with E-state index in [1.807, 2.05) is 23.7 Å². The van der Waals surface area contributed by atoms with Gasteiger partial charge in [0.25, 0.3) is 0 Å². The summed E-state index contributed by atoms with van der Waals surface area (Å²) in [5, 5.41) is 7.96. The maximum absolute atomic E-state index is 12.4. The van der Waals surface area contributed by atoms with Crippen molar-refractivity contribution in [1.29, 1.82) is 0 Å². The van der Waals surface area contributed by atoms with E-state index >= 15 is 0 Å². The summed E-state index contributed by atoms with van der Waals surface area (Å²) in [7, 11) is 0. The van der Waals surface area contributed by atoms with Crippen molar-refractivity contribution in [2.24, 2.45) is 0 Å². The van der Waals surface area contributed by atoms with Gasteiger partial charge in [0, 0.05) is 5.56 Å². The highest BCUT2D eigenvalue weighted by atomic mass is 32.2. The Hall–Kier alpha value is -2.53. The van der Waals surface area contributed by atoms with Gasteiger partial charge in [0.1, 0.15) is 5.82 Å². The number of nitrogens with one attached hydrogen (secondary N) is 1. The molecule has 2 heterocycles. The van der Waals surface area contributed by atoms with E-state index < -0.39 is 0 Å². The number of amides is 1. The van der Waals surface area contributed by atoms with Crippen LogP contribution in [-0.4, -0.2) is 21.4 Å². The van der Waals surface area contributed by atoms with Crippen molar-refractivity contribution >= 4 is 23.5 Å². The van der Waals surface area contributed by atoms with Crippen LogP contribution in [0.5, 0.6) is 0 Å². The van der Waals surface area contributed by atoms with E-state index in [1.165, 1.54) is 22.3 Å². The minimum Gasteiger partial charge on any atom is -0.310 e. The summed E-state index contributed by atoms with van der Waals surface area (Å²) in [5.41, 5.74) is 7.93. The Kier molecular flexibility index (Phi) is 4.56. The Balaban J connectivity index is 1.90. The lowest BCUT2D eigenvalue weighted by Gasteiger charge is -2.18. The first-order chi connectivity index (χ1) is 12.9. The van der Waals surface area contributed by atoms with Crippen LogP contribution in [0.4, 0.5) is 5.82 Å². The van der Waals surface area contributed by atoms with Crippen LogP contribution in [0.25, 0.3) is 5.69 Å². The van der Waals surface area contributed by atoms with E-state index in [0.29, 0.717) is 5.75 Å². The van der Waals surface area contributed by atoms with Crippen LogP contribution in [0.3, 0.4) is 0 Å². The number of anilines is 1. The summed E-state index contributed by atoms with van der Waals surface area (Å²) in [6.45, 7) is 8.34. The first kappa shape index (κ1) is 17.9. The lowest BCUT2D eigenvalue weighted by atomic mass is 9.98. The van der Waals surface area contributed by atoms with Gasteiger partial charge in [0.05, 0.1) is 22.4 Å². The molecular weight excluding hydrogens is 354 g/mol. The first-order valence-corrected chi connectivity index (χ1v) is 10.1. The second kappa shape index (κ2) is 6.89. The van der Waals surface area contributed by atoms with Gasteiger partial charge in [0.2, 0.25) is 5.91 Å². The highest BCUT2D eigenvalue weighted by molar-refractivity contribution is 8.00. The minimum atomic E-state index is 0.0155. The maximum atomic E-state index is 12.4. The molecule has 0 spiro atoms. The lowest BCUT2D eigenvalue weighted by molar-refractivity contribution is -0.113. The van der Waals surface area contributed by atoms with Crippen LogP contribution in [0.15, 0.2) is 42.5 Å². The molecule has 1 aromatic heterocycles. The number of hydrogen-bond donors (Lipinski definition) is 1. The van der Waals surface area contributed by atoms with Gasteiger partial charge in [-0.2, -0.15) is 5.10 Å². The molecule has 0 aliphatic carbocycles.